The maximum Gasteiger partial charge on any atom is 0.304 e. The van der Waals surface area contributed by atoms with Crippen LogP contribution in [0.25, 0.3) is 0 Å². The molecule has 1 heterocycles. The van der Waals surface area contributed by atoms with Crippen LogP contribution in [0.2, 0.25) is 0 Å². The predicted molar refractivity (Wildman–Crippen MR) is 70.5 cm³/mol. The number of carboxylic acid groups (broad SMARTS) is 1. The van der Waals surface area contributed by atoms with Crippen LogP contribution in [0.5, 0.6) is 5.75 Å². The summed E-state index contributed by atoms with van der Waals surface area (Å²) in [5.41, 5.74) is 0.968. The van der Waals surface area contributed by atoms with Gasteiger partial charge in [0.05, 0.1) is 25.1 Å². The highest BCUT2D eigenvalue weighted by Gasteiger charge is 2.26. The van der Waals surface area contributed by atoms with Crippen molar-refractivity contribution in [1.82, 2.24) is 0 Å². The normalized spacial score (nSPS) is 14.9. The zero-order valence-electron chi connectivity index (χ0n) is 11.0. The van der Waals surface area contributed by atoms with Crippen LogP contribution in [0.4, 0.5) is 5.69 Å². The van der Waals surface area contributed by atoms with E-state index in [4.69, 9.17) is 9.84 Å². The summed E-state index contributed by atoms with van der Waals surface area (Å²) >= 11 is 0. The fourth-order valence-corrected chi connectivity index (χ4v) is 2.12. The Morgan fingerprint density at radius 3 is 2.89 bits per heavy atom. The summed E-state index contributed by atoms with van der Waals surface area (Å²) < 4.78 is 5.47. The van der Waals surface area contributed by atoms with Crippen molar-refractivity contribution >= 4 is 17.6 Å². The first kappa shape index (κ1) is 13.4. The zero-order valence-corrected chi connectivity index (χ0v) is 11.0. The average molecular weight is 263 g/mol. The fourth-order valence-electron chi connectivity index (χ4n) is 2.12. The van der Waals surface area contributed by atoms with Gasteiger partial charge in [0, 0.05) is 5.41 Å². The molecule has 2 N–H and O–H groups in total. The van der Waals surface area contributed by atoms with Crippen molar-refractivity contribution in [3.05, 3.63) is 23.8 Å². The highest BCUT2D eigenvalue weighted by molar-refractivity contribution is 5.93. The van der Waals surface area contributed by atoms with E-state index >= 15 is 0 Å². The van der Waals surface area contributed by atoms with Gasteiger partial charge < -0.3 is 15.2 Å². The lowest BCUT2D eigenvalue weighted by Crippen LogP contribution is -2.22. The predicted octanol–water partition coefficient (Wildman–Crippen LogP) is 2.16. The molecule has 0 aromatic heterocycles. The van der Waals surface area contributed by atoms with Crippen LogP contribution in [0, 0.1) is 0 Å². The molecule has 0 unspecified atom stereocenters. The lowest BCUT2D eigenvalue weighted by Gasteiger charge is -2.24. The molecule has 0 saturated heterocycles. The summed E-state index contributed by atoms with van der Waals surface area (Å²) in [4.78, 5) is 22.4. The third-order valence-electron chi connectivity index (χ3n) is 3.21. The molecule has 1 aromatic carbocycles. The Morgan fingerprint density at radius 1 is 1.47 bits per heavy atom. The number of ether oxygens (including phenoxy) is 1. The van der Waals surface area contributed by atoms with E-state index < -0.39 is 11.4 Å². The Balaban J connectivity index is 2.34. The number of carbonyl (C=O) groups excluding carboxylic acids is 1. The highest BCUT2D eigenvalue weighted by atomic mass is 16.5. The maximum absolute atomic E-state index is 11.5. The standard InChI is InChI=1S/C14H17NO4/c1-14(2,8-13(17)18)9-3-4-11-10(7-9)15-12(16)5-6-19-11/h3-4,7H,5-6,8H2,1-2H3,(H,15,16)(H,17,18). The number of rotatable bonds is 3. The number of aliphatic carboxylic acids is 1. The van der Waals surface area contributed by atoms with Crippen molar-refractivity contribution in [3.63, 3.8) is 0 Å². The number of hydrogen-bond acceptors (Lipinski definition) is 3. The van der Waals surface area contributed by atoms with E-state index in [2.05, 4.69) is 5.32 Å². The quantitative estimate of drug-likeness (QED) is 0.876. The Labute approximate surface area is 111 Å². The number of carbonyl (C=O) groups is 2. The van der Waals surface area contributed by atoms with Crippen molar-refractivity contribution < 1.29 is 19.4 Å². The third-order valence-corrected chi connectivity index (χ3v) is 3.21. The van der Waals surface area contributed by atoms with Crippen LogP contribution in [0.1, 0.15) is 32.3 Å². The molecule has 1 aliphatic rings. The monoisotopic (exact) mass is 263 g/mol. The molecule has 5 nitrogen and oxygen atoms in total. The minimum absolute atomic E-state index is 0.0284. The van der Waals surface area contributed by atoms with E-state index in [1.165, 1.54) is 0 Å². The second-order valence-corrected chi connectivity index (χ2v) is 5.31. The lowest BCUT2D eigenvalue weighted by molar-refractivity contribution is -0.138. The number of anilines is 1. The summed E-state index contributed by atoms with van der Waals surface area (Å²) in [6, 6.07) is 5.42. The molecule has 2 rings (SSSR count). The van der Waals surface area contributed by atoms with Crippen LogP contribution >= 0.6 is 0 Å². The Morgan fingerprint density at radius 2 is 2.21 bits per heavy atom. The highest BCUT2D eigenvalue weighted by Crippen LogP contribution is 2.34. The van der Waals surface area contributed by atoms with Gasteiger partial charge in [-0.3, -0.25) is 9.59 Å². The fraction of sp³-hybridized carbons (Fsp3) is 0.429. The minimum atomic E-state index is -0.847. The van der Waals surface area contributed by atoms with Gasteiger partial charge in [-0.25, -0.2) is 0 Å². The van der Waals surface area contributed by atoms with E-state index in [0.29, 0.717) is 24.5 Å². The topological polar surface area (TPSA) is 75.6 Å². The molecule has 102 valence electrons. The molecule has 0 radical (unpaired) electrons. The Bertz CT molecular complexity index is 522. The van der Waals surface area contributed by atoms with E-state index in [1.807, 2.05) is 19.9 Å². The van der Waals surface area contributed by atoms with Gasteiger partial charge in [-0.1, -0.05) is 19.9 Å². The number of carboxylic acids is 1. The molecule has 1 aliphatic heterocycles. The first-order valence-electron chi connectivity index (χ1n) is 6.17. The van der Waals surface area contributed by atoms with Crippen molar-refractivity contribution in [2.75, 3.05) is 11.9 Å². The molecule has 0 saturated carbocycles. The zero-order chi connectivity index (χ0) is 14.0. The van der Waals surface area contributed by atoms with Gasteiger partial charge >= 0.3 is 5.97 Å². The van der Waals surface area contributed by atoms with Crippen LogP contribution in [0.3, 0.4) is 0 Å². The molecule has 0 atom stereocenters. The maximum atomic E-state index is 11.5. The van der Waals surface area contributed by atoms with Crippen LogP contribution in [-0.4, -0.2) is 23.6 Å². The Kier molecular flexibility index (Phi) is 3.46. The van der Waals surface area contributed by atoms with Gasteiger partial charge in [0.1, 0.15) is 5.75 Å². The molecular weight excluding hydrogens is 246 g/mol. The molecule has 0 aliphatic carbocycles. The molecule has 1 aromatic rings. The summed E-state index contributed by atoms with van der Waals surface area (Å²) in [5.74, 6) is -0.312. The van der Waals surface area contributed by atoms with Crippen LogP contribution < -0.4 is 10.1 Å². The first-order chi connectivity index (χ1) is 8.88. The van der Waals surface area contributed by atoms with Crippen molar-refractivity contribution in [3.8, 4) is 5.75 Å². The first-order valence-corrected chi connectivity index (χ1v) is 6.17. The van der Waals surface area contributed by atoms with Crippen molar-refractivity contribution in [2.45, 2.75) is 32.1 Å². The van der Waals surface area contributed by atoms with Crippen LogP contribution in [0.15, 0.2) is 18.2 Å². The van der Waals surface area contributed by atoms with Crippen molar-refractivity contribution in [2.24, 2.45) is 0 Å². The molecule has 1 amide bonds. The number of benzene rings is 1. The summed E-state index contributed by atoms with van der Waals surface area (Å²) in [5, 5.41) is 11.7. The smallest absolute Gasteiger partial charge is 0.304 e. The SMILES string of the molecule is CC(C)(CC(=O)O)c1ccc2c(c1)NC(=O)CCO2. The van der Waals surface area contributed by atoms with Gasteiger partial charge in [-0.05, 0) is 17.7 Å². The summed E-state index contributed by atoms with van der Waals surface area (Å²) in [7, 11) is 0. The second-order valence-electron chi connectivity index (χ2n) is 5.31. The lowest BCUT2D eigenvalue weighted by atomic mass is 9.81. The van der Waals surface area contributed by atoms with Gasteiger partial charge in [-0.15, -0.1) is 0 Å². The van der Waals surface area contributed by atoms with Gasteiger partial charge in [0.2, 0.25) is 5.91 Å². The summed E-state index contributed by atoms with van der Waals surface area (Å²) in [6.45, 7) is 4.08. The van der Waals surface area contributed by atoms with Gasteiger partial charge in [0.25, 0.3) is 0 Å². The largest absolute Gasteiger partial charge is 0.491 e. The van der Waals surface area contributed by atoms with Crippen molar-refractivity contribution in [1.29, 1.82) is 0 Å². The number of nitrogens with one attached hydrogen (secondary N) is 1. The Hall–Kier alpha value is -2.04. The molecular formula is C14H17NO4. The summed E-state index contributed by atoms with van der Waals surface area (Å²) in [6.07, 6.45) is 0.350. The third kappa shape index (κ3) is 3.05. The van der Waals surface area contributed by atoms with E-state index in [1.54, 1.807) is 12.1 Å². The molecule has 0 spiro atoms. The van der Waals surface area contributed by atoms with E-state index in [-0.39, 0.29) is 12.3 Å². The molecule has 19 heavy (non-hydrogen) atoms. The molecule has 0 fully saturated rings. The number of fused-ring (bicyclic) bond motifs is 1. The molecule has 5 heteroatoms. The molecule has 0 bridgehead atoms. The minimum Gasteiger partial charge on any atom is -0.491 e. The van der Waals surface area contributed by atoms with Gasteiger partial charge in [0.15, 0.2) is 0 Å². The number of hydrogen-bond donors (Lipinski definition) is 2. The van der Waals surface area contributed by atoms with Crippen LogP contribution in [-0.2, 0) is 15.0 Å². The van der Waals surface area contributed by atoms with E-state index in [0.717, 1.165) is 5.56 Å². The number of amides is 1. The second kappa shape index (κ2) is 4.91. The van der Waals surface area contributed by atoms with Gasteiger partial charge in [-0.2, -0.15) is 0 Å². The average Bonchev–Trinajstić information content (AvgIpc) is 2.46. The van der Waals surface area contributed by atoms with E-state index in [9.17, 15) is 9.59 Å².